The molecule has 3 N–H and O–H groups in total. The summed E-state index contributed by atoms with van der Waals surface area (Å²) in [5.41, 5.74) is 4.31. The number of tetrazole rings is 1. The maximum absolute atomic E-state index is 13.3. The molecule has 1 aliphatic heterocycles. The van der Waals surface area contributed by atoms with E-state index in [1.54, 1.807) is 23.7 Å². The van der Waals surface area contributed by atoms with Crippen LogP contribution >= 0.6 is 0 Å². The first-order valence-electron chi connectivity index (χ1n) is 15.7. The van der Waals surface area contributed by atoms with Crippen molar-refractivity contribution in [2.24, 2.45) is 13.0 Å². The molecular formula is C33H39N9O3. The number of nitrogens with one attached hydrogen (secondary N) is 3. The molecule has 45 heavy (non-hydrogen) atoms. The highest BCUT2D eigenvalue weighted by Gasteiger charge is 2.49. The minimum Gasteiger partial charge on any atom is -0.355 e. The zero-order valence-electron chi connectivity index (χ0n) is 26.0. The first-order valence-corrected chi connectivity index (χ1v) is 15.7. The van der Waals surface area contributed by atoms with Crippen LogP contribution in [-0.2, 0) is 30.1 Å². The van der Waals surface area contributed by atoms with Gasteiger partial charge in [0.05, 0.1) is 18.0 Å². The molecule has 2 fully saturated rings. The van der Waals surface area contributed by atoms with Gasteiger partial charge in [-0.1, -0.05) is 12.1 Å². The molecular weight excluding hydrogens is 570 g/mol. The van der Waals surface area contributed by atoms with E-state index in [1.165, 1.54) is 0 Å². The first-order chi connectivity index (χ1) is 21.8. The number of fused-ring (bicyclic) bond motifs is 2. The topological polar surface area (TPSA) is 158 Å². The van der Waals surface area contributed by atoms with Crippen LogP contribution < -0.4 is 16.0 Å². The van der Waals surface area contributed by atoms with Gasteiger partial charge in [-0.25, -0.2) is 4.68 Å². The van der Waals surface area contributed by atoms with Gasteiger partial charge in [-0.15, -0.1) is 5.10 Å². The Labute approximate surface area is 262 Å². The van der Waals surface area contributed by atoms with Crippen LogP contribution in [0.4, 0.5) is 0 Å². The van der Waals surface area contributed by atoms with E-state index >= 15 is 0 Å². The number of rotatable bonds is 9. The summed E-state index contributed by atoms with van der Waals surface area (Å²) in [6, 6.07) is 13.5. The first kappa shape index (κ1) is 30.4. The maximum atomic E-state index is 13.3. The zero-order chi connectivity index (χ0) is 31.7. The van der Waals surface area contributed by atoms with Crippen molar-refractivity contribution in [1.29, 1.82) is 5.26 Å². The van der Waals surface area contributed by atoms with Gasteiger partial charge >= 0.3 is 0 Å². The van der Waals surface area contributed by atoms with Gasteiger partial charge in [0.1, 0.15) is 6.04 Å². The van der Waals surface area contributed by atoms with E-state index < -0.39 is 5.41 Å². The number of aromatic nitrogens is 4. The van der Waals surface area contributed by atoms with Crippen LogP contribution in [0.5, 0.6) is 0 Å². The number of hydrogen-bond donors (Lipinski definition) is 3. The van der Waals surface area contributed by atoms with Crippen molar-refractivity contribution in [3.8, 4) is 6.07 Å². The smallest absolute Gasteiger partial charge is 0.251 e. The summed E-state index contributed by atoms with van der Waals surface area (Å²) in [6.07, 6.45) is 5.48. The molecule has 0 radical (unpaired) electrons. The van der Waals surface area contributed by atoms with Gasteiger partial charge in [0, 0.05) is 44.9 Å². The third-order valence-electron chi connectivity index (χ3n) is 9.73. The molecule has 1 aromatic heterocycles. The number of likely N-dealkylation sites (tertiary alicyclic amines) is 1. The van der Waals surface area contributed by atoms with E-state index in [0.29, 0.717) is 55.1 Å². The van der Waals surface area contributed by atoms with Crippen LogP contribution in [0.3, 0.4) is 0 Å². The van der Waals surface area contributed by atoms with Crippen molar-refractivity contribution in [1.82, 2.24) is 41.1 Å². The van der Waals surface area contributed by atoms with Gasteiger partial charge < -0.3 is 20.9 Å². The minimum atomic E-state index is -0.853. The van der Waals surface area contributed by atoms with Crippen LogP contribution in [-0.4, -0.2) is 82.1 Å². The molecule has 2 atom stereocenters. The van der Waals surface area contributed by atoms with Crippen molar-refractivity contribution in [3.05, 3.63) is 75.6 Å². The van der Waals surface area contributed by atoms with Crippen LogP contribution in [0.25, 0.3) is 0 Å². The van der Waals surface area contributed by atoms with Crippen molar-refractivity contribution in [3.63, 3.8) is 0 Å². The monoisotopic (exact) mass is 609 g/mol. The highest BCUT2D eigenvalue weighted by molar-refractivity contribution is 5.95. The molecule has 0 bridgehead atoms. The molecule has 6 rings (SSSR count). The van der Waals surface area contributed by atoms with E-state index in [2.05, 4.69) is 37.5 Å². The number of hydrogen-bond acceptors (Lipinski definition) is 8. The third-order valence-corrected chi connectivity index (χ3v) is 9.73. The Kier molecular flexibility index (Phi) is 8.38. The summed E-state index contributed by atoms with van der Waals surface area (Å²) in [5.74, 6) is 0.606. The summed E-state index contributed by atoms with van der Waals surface area (Å²) in [4.78, 5) is 40.5. The molecule has 2 aliphatic carbocycles. The Hall–Kier alpha value is -4.63. The third kappa shape index (κ3) is 5.57. The lowest BCUT2D eigenvalue weighted by molar-refractivity contribution is -0.130. The molecule has 3 aliphatic rings. The van der Waals surface area contributed by atoms with Gasteiger partial charge in [-0.2, -0.15) is 5.26 Å². The summed E-state index contributed by atoms with van der Waals surface area (Å²) in [6.45, 7) is 0.737. The lowest BCUT2D eigenvalue weighted by Gasteiger charge is -2.38. The normalized spacial score (nSPS) is 19.1. The van der Waals surface area contributed by atoms with Crippen molar-refractivity contribution in [2.45, 2.75) is 62.4 Å². The molecule has 2 aromatic carbocycles. The average molecular weight is 610 g/mol. The molecule has 2 heterocycles. The molecule has 12 heteroatoms. The molecule has 1 saturated carbocycles. The minimum absolute atomic E-state index is 0.0637. The number of carbonyl (C=O) groups excluding carboxylic acids is 3. The summed E-state index contributed by atoms with van der Waals surface area (Å²) >= 11 is 0. The lowest BCUT2D eigenvalue weighted by Crippen LogP contribution is -2.47. The number of amides is 3. The van der Waals surface area contributed by atoms with E-state index in [9.17, 15) is 19.6 Å². The number of carbonyl (C=O) groups is 3. The molecule has 3 amide bonds. The number of nitriles is 1. The predicted octanol–water partition coefficient (Wildman–Crippen LogP) is 1.64. The van der Waals surface area contributed by atoms with Crippen molar-refractivity contribution in [2.75, 3.05) is 27.2 Å². The quantitative estimate of drug-likeness (QED) is 0.330. The predicted molar refractivity (Wildman–Crippen MR) is 165 cm³/mol. The van der Waals surface area contributed by atoms with Crippen LogP contribution in [0.1, 0.15) is 80.9 Å². The maximum Gasteiger partial charge on any atom is 0.251 e. The Morgan fingerprint density at radius 3 is 2.13 bits per heavy atom. The Morgan fingerprint density at radius 2 is 1.62 bits per heavy atom. The zero-order valence-corrected chi connectivity index (χ0v) is 26.0. The van der Waals surface area contributed by atoms with Gasteiger partial charge in [-0.05, 0) is 108 Å². The lowest BCUT2D eigenvalue weighted by atomic mass is 9.67. The highest BCUT2D eigenvalue weighted by atomic mass is 16.2. The van der Waals surface area contributed by atoms with Crippen LogP contribution in [0, 0.1) is 17.2 Å². The van der Waals surface area contributed by atoms with E-state index in [-0.39, 0.29) is 36.3 Å². The standard InChI is InChI=1S/C33H39N9O3/c1-35-30(44)23-10-12-26-21(15-23)8-9-22-16-24(31(45)36-2)11-13-27(22)33(26,32-38-39-40-41(32)3)17-28(20-6-7-20)37-19-29(43)42-14-4-5-25(42)18-34/h10-13,15-16,20,25,28,37H,4-9,14,17,19H2,1-3H3,(H,35,44)(H,36,45)/t25?,28-/m1/s1. The van der Waals surface area contributed by atoms with Crippen LogP contribution in [0.15, 0.2) is 36.4 Å². The molecule has 0 spiro atoms. The van der Waals surface area contributed by atoms with E-state index in [0.717, 1.165) is 41.5 Å². The Morgan fingerprint density at radius 1 is 1.00 bits per heavy atom. The van der Waals surface area contributed by atoms with Gasteiger partial charge in [0.2, 0.25) is 5.91 Å². The number of nitrogens with zero attached hydrogens (tertiary/aromatic N) is 6. The Balaban J connectivity index is 1.49. The van der Waals surface area contributed by atoms with E-state index in [4.69, 9.17) is 0 Å². The van der Waals surface area contributed by atoms with E-state index in [1.807, 2.05) is 43.4 Å². The fourth-order valence-electron chi connectivity index (χ4n) is 7.32. The van der Waals surface area contributed by atoms with Gasteiger partial charge in [0.15, 0.2) is 5.82 Å². The average Bonchev–Trinajstić information content (AvgIpc) is 3.67. The highest BCUT2D eigenvalue weighted by Crippen LogP contribution is 2.50. The molecule has 234 valence electrons. The Bertz CT molecular complexity index is 1600. The summed E-state index contributed by atoms with van der Waals surface area (Å²) in [7, 11) is 5.07. The second-order valence-corrected chi connectivity index (χ2v) is 12.3. The van der Waals surface area contributed by atoms with Gasteiger partial charge in [-0.3, -0.25) is 14.4 Å². The van der Waals surface area contributed by atoms with Gasteiger partial charge in [0.25, 0.3) is 11.8 Å². The van der Waals surface area contributed by atoms with Crippen LogP contribution in [0.2, 0.25) is 0 Å². The summed E-state index contributed by atoms with van der Waals surface area (Å²) < 4.78 is 1.70. The molecule has 12 nitrogen and oxygen atoms in total. The largest absolute Gasteiger partial charge is 0.355 e. The fourth-order valence-corrected chi connectivity index (χ4v) is 7.32. The fraction of sp³-hybridized carbons (Fsp3) is 0.485. The number of benzene rings is 2. The number of aryl methyl sites for hydroxylation is 3. The van der Waals surface area contributed by atoms with Crippen molar-refractivity contribution >= 4 is 17.7 Å². The molecule has 1 saturated heterocycles. The molecule has 3 aromatic rings. The second kappa shape index (κ2) is 12.4. The second-order valence-electron chi connectivity index (χ2n) is 12.3. The summed E-state index contributed by atoms with van der Waals surface area (Å²) in [5, 5.41) is 31.6. The SMILES string of the molecule is CNC(=O)c1ccc2c(c1)CCc1cc(C(=O)NC)ccc1C2(C[C@@H](NCC(=O)N1CCCC1C#N)C1CC1)c1nnnn1C. The molecule has 1 unspecified atom stereocenters. The van der Waals surface area contributed by atoms with Crippen molar-refractivity contribution < 1.29 is 14.4 Å².